The van der Waals surface area contributed by atoms with E-state index in [4.69, 9.17) is 5.73 Å². The molecule has 0 heterocycles. The second-order valence-corrected chi connectivity index (χ2v) is 9.79. The summed E-state index contributed by atoms with van der Waals surface area (Å²) in [6, 6.07) is 0.199. The topological polar surface area (TPSA) is 66.5 Å². The largest absolute Gasteiger partial charge is 0.396 e. The van der Waals surface area contributed by atoms with Crippen molar-refractivity contribution in [3.05, 3.63) is 12.2 Å². The molecule has 0 saturated heterocycles. The minimum Gasteiger partial charge on any atom is -0.396 e. The number of aliphatic hydroxyl groups excluding tert-OH is 2. The lowest BCUT2D eigenvalue weighted by atomic mass is 9.50. The van der Waals surface area contributed by atoms with Gasteiger partial charge in [-0.25, -0.2) is 0 Å². The summed E-state index contributed by atoms with van der Waals surface area (Å²) in [6.45, 7) is 11.2. The van der Waals surface area contributed by atoms with Crippen LogP contribution in [0.15, 0.2) is 12.2 Å². The third kappa shape index (κ3) is 3.33. The van der Waals surface area contributed by atoms with E-state index in [1.165, 1.54) is 31.3 Å². The van der Waals surface area contributed by atoms with Crippen LogP contribution in [-0.2, 0) is 0 Å². The van der Waals surface area contributed by atoms with Gasteiger partial charge in [-0.2, -0.15) is 0 Å². The maximum absolute atomic E-state index is 10.1. The second kappa shape index (κ2) is 7.32. The number of hydrogen-bond donors (Lipinski definition) is 3. The second-order valence-electron chi connectivity index (χ2n) is 9.79. The van der Waals surface area contributed by atoms with Gasteiger partial charge in [-0.1, -0.05) is 19.1 Å². The molecule has 3 unspecified atom stereocenters. The van der Waals surface area contributed by atoms with Crippen LogP contribution in [-0.4, -0.2) is 29.0 Å². The number of fused-ring (bicyclic) bond motifs is 1. The molecule has 25 heavy (non-hydrogen) atoms. The molecular formula is C22H39NO2. The molecule has 3 aliphatic rings. The highest BCUT2D eigenvalue weighted by Crippen LogP contribution is 2.60. The van der Waals surface area contributed by atoms with Crippen molar-refractivity contribution in [2.45, 2.75) is 77.9 Å². The standard InChI is InChI=1S/C22H39NO2/c1-13(2)17-5-6-19-18(17)7-8-20(21(19)14(3)23)22(4)10-9-16(25)11-15(22)12-24/h14-21,24-25H,1,5-12,23H2,2-4H3/t14-,15+,16-,17-,18?,19?,20?,21+,22-/m1/s1. The lowest BCUT2D eigenvalue weighted by molar-refractivity contribution is -0.0902. The Bertz CT molecular complexity index is 490. The third-order valence-electron chi connectivity index (χ3n) is 8.46. The van der Waals surface area contributed by atoms with E-state index >= 15 is 0 Å². The van der Waals surface area contributed by atoms with Crippen LogP contribution in [0.5, 0.6) is 0 Å². The van der Waals surface area contributed by atoms with Crippen LogP contribution in [0.25, 0.3) is 0 Å². The van der Waals surface area contributed by atoms with Crippen molar-refractivity contribution in [2.75, 3.05) is 6.61 Å². The fraction of sp³-hybridized carbons (Fsp3) is 0.909. The normalized spacial score (nSPS) is 48.8. The summed E-state index contributed by atoms with van der Waals surface area (Å²) in [7, 11) is 0. The highest BCUT2D eigenvalue weighted by atomic mass is 16.3. The molecule has 3 heteroatoms. The quantitative estimate of drug-likeness (QED) is 0.677. The van der Waals surface area contributed by atoms with Gasteiger partial charge < -0.3 is 15.9 Å². The van der Waals surface area contributed by atoms with E-state index in [0.717, 1.165) is 25.2 Å². The van der Waals surface area contributed by atoms with E-state index in [1.54, 1.807) is 0 Å². The van der Waals surface area contributed by atoms with Crippen LogP contribution >= 0.6 is 0 Å². The summed E-state index contributed by atoms with van der Waals surface area (Å²) < 4.78 is 0. The Morgan fingerprint density at radius 2 is 1.88 bits per heavy atom. The van der Waals surface area contributed by atoms with E-state index < -0.39 is 0 Å². The molecule has 0 aliphatic heterocycles. The predicted octanol–water partition coefficient (Wildman–Crippen LogP) is 3.74. The zero-order valence-electron chi connectivity index (χ0n) is 16.5. The Kier molecular flexibility index (Phi) is 5.68. The Morgan fingerprint density at radius 3 is 2.48 bits per heavy atom. The predicted molar refractivity (Wildman–Crippen MR) is 103 cm³/mol. The monoisotopic (exact) mass is 349 g/mol. The Hall–Kier alpha value is -0.380. The van der Waals surface area contributed by atoms with Crippen LogP contribution < -0.4 is 5.73 Å². The molecule has 0 radical (unpaired) electrons. The first kappa shape index (κ1) is 19.4. The number of aliphatic hydroxyl groups is 2. The molecule has 4 N–H and O–H groups in total. The fourth-order valence-corrected chi connectivity index (χ4v) is 7.16. The van der Waals surface area contributed by atoms with Crippen LogP contribution in [0.2, 0.25) is 0 Å². The van der Waals surface area contributed by atoms with Gasteiger partial charge in [0.2, 0.25) is 0 Å². The average Bonchev–Trinajstić information content (AvgIpc) is 3.00. The number of hydrogen-bond acceptors (Lipinski definition) is 3. The Balaban J connectivity index is 1.88. The van der Waals surface area contributed by atoms with Gasteiger partial charge in [0.15, 0.2) is 0 Å². The SMILES string of the molecule is C=C(C)[C@H]1CCC2C1CCC([C@]1(C)CC[C@@H](O)C[C@H]1CO)[C@H]2[C@@H](C)N. The van der Waals surface area contributed by atoms with Crippen molar-refractivity contribution in [1.82, 2.24) is 0 Å². The van der Waals surface area contributed by atoms with Gasteiger partial charge in [0.1, 0.15) is 0 Å². The highest BCUT2D eigenvalue weighted by Gasteiger charge is 2.54. The van der Waals surface area contributed by atoms with Crippen molar-refractivity contribution in [3.8, 4) is 0 Å². The van der Waals surface area contributed by atoms with Gasteiger partial charge >= 0.3 is 0 Å². The maximum Gasteiger partial charge on any atom is 0.0544 e. The minimum atomic E-state index is -0.241. The lowest BCUT2D eigenvalue weighted by Crippen LogP contribution is -2.53. The molecule has 0 aromatic rings. The van der Waals surface area contributed by atoms with Crippen molar-refractivity contribution in [2.24, 2.45) is 46.7 Å². The first-order valence-electron chi connectivity index (χ1n) is 10.5. The van der Waals surface area contributed by atoms with Crippen molar-refractivity contribution in [1.29, 1.82) is 0 Å². The van der Waals surface area contributed by atoms with E-state index in [2.05, 4.69) is 27.4 Å². The van der Waals surface area contributed by atoms with Gasteiger partial charge in [-0.15, -0.1) is 0 Å². The fourth-order valence-electron chi connectivity index (χ4n) is 7.16. The molecule has 0 amide bonds. The molecule has 0 aromatic carbocycles. The summed E-state index contributed by atoms with van der Waals surface area (Å²) in [4.78, 5) is 0. The van der Waals surface area contributed by atoms with Gasteiger partial charge in [0, 0.05) is 12.6 Å². The highest BCUT2D eigenvalue weighted by molar-refractivity contribution is 5.10. The van der Waals surface area contributed by atoms with E-state index in [9.17, 15) is 10.2 Å². The molecular weight excluding hydrogens is 310 g/mol. The first-order chi connectivity index (χ1) is 11.8. The summed E-state index contributed by atoms with van der Waals surface area (Å²) in [5.74, 6) is 3.47. The molecule has 3 saturated carbocycles. The molecule has 0 bridgehead atoms. The van der Waals surface area contributed by atoms with Crippen molar-refractivity contribution < 1.29 is 10.2 Å². The summed E-state index contributed by atoms with van der Waals surface area (Å²) in [5.41, 5.74) is 8.05. The van der Waals surface area contributed by atoms with Gasteiger partial charge in [0.05, 0.1) is 6.10 Å². The summed E-state index contributed by atoms with van der Waals surface area (Å²) in [6.07, 6.45) is 7.47. The van der Waals surface area contributed by atoms with Gasteiger partial charge in [-0.3, -0.25) is 0 Å². The Labute approximate surface area is 154 Å². The smallest absolute Gasteiger partial charge is 0.0544 e. The molecule has 3 aliphatic carbocycles. The summed E-state index contributed by atoms with van der Waals surface area (Å²) in [5, 5.41) is 20.2. The van der Waals surface area contributed by atoms with Gasteiger partial charge in [0.25, 0.3) is 0 Å². The van der Waals surface area contributed by atoms with Crippen LogP contribution in [0.1, 0.15) is 65.7 Å². The third-order valence-corrected chi connectivity index (χ3v) is 8.46. The number of rotatable bonds is 4. The zero-order valence-corrected chi connectivity index (χ0v) is 16.5. The minimum absolute atomic E-state index is 0.110. The van der Waals surface area contributed by atoms with Gasteiger partial charge in [-0.05, 0) is 99.7 Å². The van der Waals surface area contributed by atoms with Crippen molar-refractivity contribution in [3.63, 3.8) is 0 Å². The number of nitrogens with two attached hydrogens (primary N) is 1. The average molecular weight is 350 g/mol. The molecule has 9 atom stereocenters. The Morgan fingerprint density at radius 1 is 1.20 bits per heavy atom. The van der Waals surface area contributed by atoms with Crippen molar-refractivity contribution >= 4 is 0 Å². The van der Waals surface area contributed by atoms with Crippen LogP contribution in [0, 0.1) is 40.9 Å². The van der Waals surface area contributed by atoms with Crippen LogP contribution in [0.3, 0.4) is 0 Å². The lowest BCUT2D eigenvalue weighted by Gasteiger charge is -2.55. The van der Waals surface area contributed by atoms with E-state index in [-0.39, 0.29) is 30.1 Å². The molecule has 3 fully saturated rings. The molecule has 3 rings (SSSR count). The summed E-state index contributed by atoms with van der Waals surface area (Å²) >= 11 is 0. The molecule has 0 aromatic heterocycles. The van der Waals surface area contributed by atoms with E-state index in [1.807, 2.05) is 0 Å². The van der Waals surface area contributed by atoms with Crippen LogP contribution in [0.4, 0.5) is 0 Å². The number of allylic oxidation sites excluding steroid dienone is 1. The molecule has 0 spiro atoms. The zero-order chi connectivity index (χ0) is 18.4. The molecule has 144 valence electrons. The van der Waals surface area contributed by atoms with E-state index in [0.29, 0.717) is 23.7 Å². The molecule has 3 nitrogen and oxygen atoms in total. The first-order valence-corrected chi connectivity index (χ1v) is 10.5. The maximum atomic E-state index is 10.1.